The fourth-order valence-electron chi connectivity index (χ4n) is 2.40. The number of nitrogens with one attached hydrogen (secondary N) is 1. The molecular formula is C17H10F3N5OS2. The first-order valence-corrected chi connectivity index (χ1v) is 9.65. The Kier molecular flexibility index (Phi) is 5.01. The highest BCUT2D eigenvalue weighted by Gasteiger charge is 2.18. The number of rotatable bonds is 5. The summed E-state index contributed by atoms with van der Waals surface area (Å²) in [5.41, 5.74) is 0.525. The Morgan fingerprint density at radius 1 is 1.18 bits per heavy atom. The fraction of sp³-hybridized carbons (Fsp3) is 0.0588. The first-order chi connectivity index (χ1) is 13.5. The molecule has 0 saturated heterocycles. The molecule has 0 aliphatic carbocycles. The third-order valence-corrected chi connectivity index (χ3v) is 5.51. The van der Waals surface area contributed by atoms with Gasteiger partial charge >= 0.3 is 0 Å². The molecule has 0 bridgehead atoms. The minimum Gasteiger partial charge on any atom is -0.301 e. The van der Waals surface area contributed by atoms with Crippen LogP contribution in [0.1, 0.15) is 0 Å². The molecular weight excluding hydrogens is 411 g/mol. The summed E-state index contributed by atoms with van der Waals surface area (Å²) in [6.07, 6.45) is 1.54. The summed E-state index contributed by atoms with van der Waals surface area (Å²) in [6, 6.07) is 10.2. The molecule has 2 aromatic heterocycles. The van der Waals surface area contributed by atoms with E-state index in [0.29, 0.717) is 5.16 Å². The van der Waals surface area contributed by atoms with Crippen LogP contribution >= 0.6 is 23.1 Å². The lowest BCUT2D eigenvalue weighted by Crippen LogP contribution is -2.14. The van der Waals surface area contributed by atoms with Gasteiger partial charge in [-0.15, -0.1) is 10.2 Å². The number of amides is 1. The second-order valence-corrected chi connectivity index (χ2v) is 7.48. The van der Waals surface area contributed by atoms with E-state index in [0.717, 1.165) is 34.9 Å². The number of hydrogen-bond donors (Lipinski definition) is 1. The topological polar surface area (TPSA) is 72.7 Å². The average molecular weight is 421 g/mol. The quantitative estimate of drug-likeness (QED) is 0.389. The molecule has 0 radical (unpaired) electrons. The number of carbonyl (C=O) groups is 1. The van der Waals surface area contributed by atoms with Crippen molar-refractivity contribution in [1.82, 2.24) is 19.7 Å². The van der Waals surface area contributed by atoms with Crippen molar-refractivity contribution in [3.8, 4) is 5.69 Å². The van der Waals surface area contributed by atoms with Crippen LogP contribution in [0.4, 0.5) is 18.3 Å². The van der Waals surface area contributed by atoms with Gasteiger partial charge in [-0.2, -0.15) is 0 Å². The number of carbonyl (C=O) groups excluding carboxylic acids is 1. The third-order valence-electron chi connectivity index (χ3n) is 3.65. The molecule has 0 unspecified atom stereocenters. The monoisotopic (exact) mass is 421 g/mol. The van der Waals surface area contributed by atoms with E-state index in [9.17, 15) is 18.0 Å². The van der Waals surface area contributed by atoms with Crippen LogP contribution in [-0.4, -0.2) is 31.4 Å². The van der Waals surface area contributed by atoms with E-state index in [2.05, 4.69) is 20.5 Å². The molecule has 0 fully saturated rings. The van der Waals surface area contributed by atoms with Crippen molar-refractivity contribution in [3.05, 3.63) is 60.2 Å². The number of thiazole rings is 1. The van der Waals surface area contributed by atoms with Gasteiger partial charge in [0.2, 0.25) is 5.91 Å². The summed E-state index contributed by atoms with van der Waals surface area (Å²) in [5.74, 6) is -4.70. The van der Waals surface area contributed by atoms with Crippen LogP contribution in [0.5, 0.6) is 0 Å². The Morgan fingerprint density at radius 2 is 1.96 bits per heavy atom. The van der Waals surface area contributed by atoms with Gasteiger partial charge in [-0.25, -0.2) is 18.2 Å². The largest absolute Gasteiger partial charge is 0.301 e. The molecule has 0 atom stereocenters. The maximum Gasteiger partial charge on any atom is 0.236 e. The SMILES string of the molecule is O=C(CSc1nncn1-c1ccccc1)Nc1nc2c(F)c(F)c(F)cc2s1. The Labute approximate surface area is 164 Å². The molecule has 0 aliphatic rings. The van der Waals surface area contributed by atoms with Crippen molar-refractivity contribution in [2.24, 2.45) is 0 Å². The van der Waals surface area contributed by atoms with Gasteiger partial charge in [0.1, 0.15) is 11.8 Å². The number of para-hydroxylation sites is 1. The lowest BCUT2D eigenvalue weighted by molar-refractivity contribution is -0.113. The molecule has 11 heteroatoms. The summed E-state index contributed by atoms with van der Waals surface area (Å²) >= 11 is 2.00. The number of aromatic nitrogens is 4. The molecule has 1 N–H and O–H groups in total. The summed E-state index contributed by atoms with van der Waals surface area (Å²) in [6.45, 7) is 0. The minimum atomic E-state index is -1.59. The fourth-order valence-corrected chi connectivity index (χ4v) is 4.04. The van der Waals surface area contributed by atoms with Crippen LogP contribution in [0.15, 0.2) is 47.9 Å². The van der Waals surface area contributed by atoms with Gasteiger partial charge < -0.3 is 5.32 Å². The Balaban J connectivity index is 1.46. The van der Waals surface area contributed by atoms with Crippen molar-refractivity contribution in [3.63, 3.8) is 0 Å². The van der Waals surface area contributed by atoms with Crippen molar-refractivity contribution < 1.29 is 18.0 Å². The number of nitrogens with zero attached hydrogens (tertiary/aromatic N) is 4. The molecule has 0 aliphatic heterocycles. The number of fused-ring (bicyclic) bond motifs is 1. The molecule has 0 spiro atoms. The zero-order valence-corrected chi connectivity index (χ0v) is 15.5. The first kappa shape index (κ1) is 18.4. The van der Waals surface area contributed by atoms with Crippen molar-refractivity contribution in [2.75, 3.05) is 11.1 Å². The van der Waals surface area contributed by atoms with Crippen LogP contribution in [0.3, 0.4) is 0 Å². The van der Waals surface area contributed by atoms with Crippen LogP contribution in [0.25, 0.3) is 15.9 Å². The van der Waals surface area contributed by atoms with Crippen LogP contribution in [0, 0.1) is 17.5 Å². The Bertz CT molecular complexity index is 1160. The zero-order valence-electron chi connectivity index (χ0n) is 13.9. The second-order valence-electron chi connectivity index (χ2n) is 5.51. The predicted molar refractivity (Wildman–Crippen MR) is 100 cm³/mol. The molecule has 2 aromatic carbocycles. The predicted octanol–water partition coefficient (Wildman–Crippen LogP) is 4.03. The van der Waals surface area contributed by atoms with E-state index in [1.807, 2.05) is 30.3 Å². The van der Waals surface area contributed by atoms with Gasteiger partial charge in [-0.1, -0.05) is 41.3 Å². The summed E-state index contributed by atoms with van der Waals surface area (Å²) < 4.78 is 42.2. The highest BCUT2D eigenvalue weighted by Crippen LogP contribution is 2.30. The molecule has 142 valence electrons. The standard InChI is InChI=1S/C17H10F3N5OS2/c18-10-6-11-15(14(20)13(10)19)23-16(28-11)22-12(26)7-27-17-24-21-8-25(17)9-4-2-1-3-5-9/h1-6,8H,7H2,(H,22,23,26). The van der Waals surface area contributed by atoms with Gasteiger partial charge in [-0.3, -0.25) is 9.36 Å². The van der Waals surface area contributed by atoms with Crippen LogP contribution in [-0.2, 0) is 4.79 Å². The van der Waals surface area contributed by atoms with E-state index in [4.69, 9.17) is 0 Å². The van der Waals surface area contributed by atoms with Gasteiger partial charge in [0, 0.05) is 5.69 Å². The summed E-state index contributed by atoms with van der Waals surface area (Å²) in [4.78, 5) is 16.0. The summed E-state index contributed by atoms with van der Waals surface area (Å²) in [5, 5.41) is 10.9. The maximum absolute atomic E-state index is 13.7. The summed E-state index contributed by atoms with van der Waals surface area (Å²) in [7, 11) is 0. The highest BCUT2D eigenvalue weighted by molar-refractivity contribution is 7.99. The molecule has 4 aromatic rings. The molecule has 2 heterocycles. The number of hydrogen-bond acceptors (Lipinski definition) is 6. The van der Waals surface area contributed by atoms with Gasteiger partial charge in [0.15, 0.2) is 27.7 Å². The van der Waals surface area contributed by atoms with E-state index in [1.54, 1.807) is 4.57 Å². The highest BCUT2D eigenvalue weighted by atomic mass is 32.2. The lowest BCUT2D eigenvalue weighted by atomic mass is 10.3. The number of halogens is 3. The molecule has 6 nitrogen and oxygen atoms in total. The third kappa shape index (κ3) is 3.58. The zero-order chi connectivity index (χ0) is 19.7. The minimum absolute atomic E-state index is 0.00729. The molecule has 1 amide bonds. The molecule has 0 saturated carbocycles. The van der Waals surface area contributed by atoms with Crippen molar-refractivity contribution in [2.45, 2.75) is 5.16 Å². The number of benzene rings is 2. The Hall–Kier alpha value is -2.92. The van der Waals surface area contributed by atoms with E-state index in [-0.39, 0.29) is 21.1 Å². The van der Waals surface area contributed by atoms with Gasteiger partial charge in [0.05, 0.1) is 10.5 Å². The van der Waals surface area contributed by atoms with Gasteiger partial charge in [0.25, 0.3) is 0 Å². The van der Waals surface area contributed by atoms with E-state index in [1.165, 1.54) is 6.33 Å². The van der Waals surface area contributed by atoms with Crippen molar-refractivity contribution >= 4 is 44.4 Å². The smallest absolute Gasteiger partial charge is 0.236 e. The lowest BCUT2D eigenvalue weighted by Gasteiger charge is -2.05. The molecule has 4 rings (SSSR count). The normalized spacial score (nSPS) is 11.1. The van der Waals surface area contributed by atoms with Gasteiger partial charge in [-0.05, 0) is 18.2 Å². The van der Waals surface area contributed by atoms with E-state index >= 15 is 0 Å². The average Bonchev–Trinajstić information content (AvgIpc) is 3.32. The van der Waals surface area contributed by atoms with E-state index < -0.39 is 23.4 Å². The number of anilines is 1. The first-order valence-electron chi connectivity index (χ1n) is 7.85. The van der Waals surface area contributed by atoms with Crippen LogP contribution < -0.4 is 5.32 Å². The number of thioether (sulfide) groups is 1. The van der Waals surface area contributed by atoms with Crippen LogP contribution in [0.2, 0.25) is 0 Å². The van der Waals surface area contributed by atoms with Crippen molar-refractivity contribution in [1.29, 1.82) is 0 Å². The Morgan fingerprint density at radius 3 is 2.75 bits per heavy atom. The molecule has 28 heavy (non-hydrogen) atoms. The second kappa shape index (κ2) is 7.60. The maximum atomic E-state index is 13.7.